The van der Waals surface area contributed by atoms with Crippen molar-refractivity contribution in [3.8, 4) is 5.69 Å². The molecule has 0 radical (unpaired) electrons. The Labute approximate surface area is 126 Å². The molecule has 0 spiro atoms. The second-order valence-corrected chi connectivity index (χ2v) is 5.67. The Morgan fingerprint density at radius 1 is 1.23 bits per heavy atom. The van der Waals surface area contributed by atoms with Crippen LogP contribution in [0.2, 0.25) is 0 Å². The maximum Gasteiger partial charge on any atom is 0.228 e. The van der Waals surface area contributed by atoms with E-state index < -0.39 is 5.82 Å². The minimum atomic E-state index is -0.410. The first-order valence-corrected chi connectivity index (χ1v) is 7.11. The summed E-state index contributed by atoms with van der Waals surface area (Å²) in [5.41, 5.74) is 4.36. The molecule has 0 fully saturated rings. The number of carbonyl (C=O) groups is 1. The number of rotatable bonds is 1. The van der Waals surface area contributed by atoms with E-state index in [-0.39, 0.29) is 12.3 Å². The molecule has 3 heterocycles. The highest BCUT2D eigenvalue weighted by Crippen LogP contribution is 2.31. The molecule has 0 saturated heterocycles. The molecule has 3 aromatic rings. The number of benzene rings is 1. The highest BCUT2D eigenvalue weighted by atomic mass is 19.1. The Morgan fingerprint density at radius 3 is 2.86 bits per heavy atom. The third kappa shape index (κ3) is 1.82. The van der Waals surface area contributed by atoms with E-state index in [4.69, 9.17) is 0 Å². The number of halogens is 1. The van der Waals surface area contributed by atoms with Crippen LogP contribution in [0, 0.1) is 19.7 Å². The lowest BCUT2D eigenvalue weighted by atomic mass is 10.1. The molecular formula is C17H14FN3O. The molecule has 1 amide bonds. The van der Waals surface area contributed by atoms with Crippen molar-refractivity contribution >= 4 is 22.6 Å². The topological polar surface area (TPSA) is 46.9 Å². The van der Waals surface area contributed by atoms with E-state index in [2.05, 4.69) is 10.3 Å². The Hall–Kier alpha value is -2.69. The molecule has 22 heavy (non-hydrogen) atoms. The van der Waals surface area contributed by atoms with Gasteiger partial charge in [-0.2, -0.15) is 0 Å². The van der Waals surface area contributed by atoms with Crippen LogP contribution >= 0.6 is 0 Å². The summed E-state index contributed by atoms with van der Waals surface area (Å²) in [5.74, 6) is -0.582. The number of fused-ring (bicyclic) bond motifs is 2. The Kier molecular flexibility index (Phi) is 2.60. The molecule has 1 aliphatic rings. The van der Waals surface area contributed by atoms with E-state index in [9.17, 15) is 9.18 Å². The fraction of sp³-hybridized carbons (Fsp3) is 0.176. The summed E-state index contributed by atoms with van der Waals surface area (Å²) in [6.07, 6.45) is 0.213. The summed E-state index contributed by atoms with van der Waals surface area (Å²) in [7, 11) is 0. The highest BCUT2D eigenvalue weighted by Gasteiger charge is 2.23. The number of hydrogen-bond acceptors (Lipinski definition) is 2. The molecule has 2 aromatic heterocycles. The monoisotopic (exact) mass is 295 g/mol. The molecule has 0 unspecified atom stereocenters. The fourth-order valence-corrected chi connectivity index (χ4v) is 3.04. The van der Waals surface area contributed by atoms with E-state index in [0.717, 1.165) is 22.4 Å². The fourth-order valence-electron chi connectivity index (χ4n) is 3.04. The van der Waals surface area contributed by atoms with Crippen LogP contribution in [0.5, 0.6) is 0 Å². The van der Waals surface area contributed by atoms with E-state index in [1.807, 2.05) is 42.7 Å². The SMILES string of the molecule is Cc1ccc2cc(C)n(-c3cc(F)c4c(c3)CC(=O)N4)c2n1. The van der Waals surface area contributed by atoms with Gasteiger partial charge in [-0.1, -0.05) is 0 Å². The second-order valence-electron chi connectivity index (χ2n) is 5.67. The van der Waals surface area contributed by atoms with Gasteiger partial charge in [-0.15, -0.1) is 0 Å². The third-order valence-corrected chi connectivity index (χ3v) is 4.00. The van der Waals surface area contributed by atoms with E-state index in [1.54, 1.807) is 0 Å². The van der Waals surface area contributed by atoms with E-state index >= 15 is 0 Å². The number of carbonyl (C=O) groups excluding carboxylic acids is 1. The normalized spacial score (nSPS) is 13.5. The summed E-state index contributed by atoms with van der Waals surface area (Å²) in [6.45, 7) is 3.89. The van der Waals surface area contributed by atoms with Crippen molar-refractivity contribution in [2.75, 3.05) is 5.32 Å². The summed E-state index contributed by atoms with van der Waals surface area (Å²) in [5, 5.41) is 3.57. The molecule has 0 saturated carbocycles. The van der Waals surface area contributed by atoms with Crippen LogP contribution in [0.4, 0.5) is 10.1 Å². The van der Waals surface area contributed by atoms with Crippen LogP contribution in [0.25, 0.3) is 16.7 Å². The lowest BCUT2D eigenvalue weighted by Crippen LogP contribution is -2.04. The van der Waals surface area contributed by atoms with Gasteiger partial charge in [-0.25, -0.2) is 9.37 Å². The molecule has 0 atom stereocenters. The zero-order valence-electron chi connectivity index (χ0n) is 12.3. The number of hydrogen-bond donors (Lipinski definition) is 1. The summed E-state index contributed by atoms with van der Waals surface area (Å²) >= 11 is 0. The number of amides is 1. The third-order valence-electron chi connectivity index (χ3n) is 4.00. The Morgan fingerprint density at radius 2 is 2.05 bits per heavy atom. The summed E-state index contributed by atoms with van der Waals surface area (Å²) in [6, 6.07) is 9.29. The molecule has 110 valence electrons. The van der Waals surface area contributed by atoms with Crippen LogP contribution in [-0.4, -0.2) is 15.5 Å². The molecule has 5 heteroatoms. The first kappa shape index (κ1) is 13.0. The molecule has 1 N–H and O–H groups in total. The first-order valence-electron chi connectivity index (χ1n) is 7.11. The van der Waals surface area contributed by atoms with Crippen LogP contribution in [0.1, 0.15) is 17.0 Å². The number of aromatic nitrogens is 2. The standard InChI is InChI=1S/C17H14FN3O/c1-9-3-4-11-5-10(2)21(17(11)19-9)13-6-12-7-15(22)20-16(12)14(18)8-13/h3-6,8H,7H2,1-2H3,(H,20,22). The minimum absolute atomic E-state index is 0.172. The zero-order chi connectivity index (χ0) is 15.4. The number of anilines is 1. The van der Waals surface area contributed by atoms with E-state index in [1.165, 1.54) is 6.07 Å². The van der Waals surface area contributed by atoms with Gasteiger partial charge in [0.05, 0.1) is 17.8 Å². The summed E-state index contributed by atoms with van der Waals surface area (Å²) in [4.78, 5) is 16.0. The largest absolute Gasteiger partial charge is 0.323 e. The van der Waals surface area contributed by atoms with Crippen LogP contribution in [-0.2, 0) is 11.2 Å². The smallest absolute Gasteiger partial charge is 0.228 e. The lowest BCUT2D eigenvalue weighted by Gasteiger charge is -2.11. The van der Waals surface area contributed by atoms with Gasteiger partial charge in [0.1, 0.15) is 11.5 Å². The van der Waals surface area contributed by atoms with Crippen molar-refractivity contribution in [2.24, 2.45) is 0 Å². The highest BCUT2D eigenvalue weighted by molar-refractivity contribution is 5.99. The Balaban J connectivity index is 1.99. The van der Waals surface area contributed by atoms with Gasteiger partial charge in [0.25, 0.3) is 0 Å². The molecule has 1 aromatic carbocycles. The quantitative estimate of drug-likeness (QED) is 0.749. The average Bonchev–Trinajstić information content (AvgIpc) is 2.97. The van der Waals surface area contributed by atoms with Crippen molar-refractivity contribution in [2.45, 2.75) is 20.3 Å². The van der Waals surface area contributed by atoms with Gasteiger partial charge in [-0.3, -0.25) is 9.36 Å². The minimum Gasteiger partial charge on any atom is -0.323 e. The molecule has 4 nitrogen and oxygen atoms in total. The molecular weight excluding hydrogens is 281 g/mol. The summed E-state index contributed by atoms with van der Waals surface area (Å²) < 4.78 is 16.2. The van der Waals surface area contributed by atoms with Crippen molar-refractivity contribution < 1.29 is 9.18 Å². The van der Waals surface area contributed by atoms with Crippen molar-refractivity contribution in [3.63, 3.8) is 0 Å². The first-order chi connectivity index (χ1) is 10.5. The maximum atomic E-state index is 14.3. The number of aryl methyl sites for hydroxylation is 2. The van der Waals surface area contributed by atoms with Crippen LogP contribution in [0.3, 0.4) is 0 Å². The van der Waals surface area contributed by atoms with Gasteiger partial charge in [0, 0.05) is 22.8 Å². The predicted octanol–water partition coefficient (Wildman–Crippen LogP) is 3.28. The maximum absolute atomic E-state index is 14.3. The number of nitrogens with one attached hydrogen (secondary N) is 1. The van der Waals surface area contributed by atoms with Crippen LogP contribution < -0.4 is 5.32 Å². The molecule has 4 rings (SSSR count). The van der Waals surface area contributed by atoms with Crippen molar-refractivity contribution in [1.29, 1.82) is 0 Å². The zero-order valence-corrected chi connectivity index (χ0v) is 12.3. The van der Waals surface area contributed by atoms with Crippen molar-refractivity contribution in [3.05, 3.63) is 53.1 Å². The van der Waals surface area contributed by atoms with Gasteiger partial charge < -0.3 is 5.32 Å². The van der Waals surface area contributed by atoms with Gasteiger partial charge >= 0.3 is 0 Å². The van der Waals surface area contributed by atoms with Crippen LogP contribution in [0.15, 0.2) is 30.3 Å². The predicted molar refractivity (Wildman–Crippen MR) is 82.8 cm³/mol. The van der Waals surface area contributed by atoms with Gasteiger partial charge in [0.15, 0.2) is 0 Å². The molecule has 0 bridgehead atoms. The number of nitrogens with zero attached hydrogens (tertiary/aromatic N) is 2. The molecule has 0 aliphatic carbocycles. The molecule has 1 aliphatic heterocycles. The number of pyridine rings is 1. The van der Waals surface area contributed by atoms with E-state index in [0.29, 0.717) is 16.9 Å². The second kappa shape index (κ2) is 4.40. The Bertz CT molecular complexity index is 943. The average molecular weight is 295 g/mol. The van der Waals surface area contributed by atoms with Gasteiger partial charge in [-0.05, 0) is 43.7 Å². The lowest BCUT2D eigenvalue weighted by molar-refractivity contribution is -0.115. The van der Waals surface area contributed by atoms with Gasteiger partial charge in [0.2, 0.25) is 5.91 Å². The van der Waals surface area contributed by atoms with Crippen molar-refractivity contribution in [1.82, 2.24) is 9.55 Å².